The lowest BCUT2D eigenvalue weighted by molar-refractivity contribution is 0.0899. The van der Waals surface area contributed by atoms with Crippen LogP contribution in [0.5, 0.6) is 0 Å². The van der Waals surface area contributed by atoms with Crippen molar-refractivity contribution in [1.82, 2.24) is 19.0 Å². The standard InChI is InChI=1S/C28H38N4OSi/c1-34(2,3)19-18-33-22-31-16-13-26-27-24(20-29-28(26)31)11-17-32(27)25-10-7-14-30(15-12-25)21-23-8-5-4-6-9-23/h4-6,8-9,11,13,16-17,20,25H,7,10,12,14-15,18-19,21-22H2,1-3H3. The third-order valence-corrected chi connectivity index (χ3v) is 8.83. The predicted octanol–water partition coefficient (Wildman–Crippen LogP) is 6.53. The van der Waals surface area contributed by atoms with Gasteiger partial charge < -0.3 is 13.9 Å². The molecule has 0 saturated carbocycles. The second-order valence-electron chi connectivity index (χ2n) is 11.0. The van der Waals surface area contributed by atoms with Crippen molar-refractivity contribution in [1.29, 1.82) is 0 Å². The average molecular weight is 475 g/mol. The fourth-order valence-corrected chi connectivity index (χ4v) is 5.91. The molecule has 4 aromatic rings. The minimum atomic E-state index is -1.07. The first-order valence-electron chi connectivity index (χ1n) is 12.8. The maximum absolute atomic E-state index is 6.02. The zero-order valence-corrected chi connectivity index (χ0v) is 21.9. The number of aromatic nitrogens is 3. The number of ether oxygens (including phenoxy) is 1. The number of hydrogen-bond donors (Lipinski definition) is 0. The Hall–Kier alpha value is -2.41. The van der Waals surface area contributed by atoms with Gasteiger partial charge in [-0.25, -0.2) is 4.98 Å². The van der Waals surface area contributed by atoms with Crippen LogP contribution in [0, 0.1) is 0 Å². The molecule has 5 nitrogen and oxygen atoms in total. The van der Waals surface area contributed by atoms with E-state index in [2.05, 4.69) is 88.5 Å². The Kier molecular flexibility index (Phi) is 6.91. The molecular weight excluding hydrogens is 436 g/mol. The lowest BCUT2D eigenvalue weighted by Crippen LogP contribution is -2.24. The minimum absolute atomic E-state index is 0.528. The summed E-state index contributed by atoms with van der Waals surface area (Å²) >= 11 is 0. The highest BCUT2D eigenvalue weighted by Gasteiger charge is 2.21. The number of hydrogen-bond acceptors (Lipinski definition) is 3. The number of rotatable bonds is 8. The Balaban J connectivity index is 1.32. The molecular formula is C28H38N4OSi. The second kappa shape index (κ2) is 10.1. The van der Waals surface area contributed by atoms with E-state index in [4.69, 9.17) is 9.72 Å². The first kappa shape index (κ1) is 23.3. The van der Waals surface area contributed by atoms with E-state index in [0.29, 0.717) is 12.8 Å². The molecule has 0 amide bonds. The maximum Gasteiger partial charge on any atom is 0.143 e. The molecule has 180 valence electrons. The molecule has 0 spiro atoms. The molecule has 1 aliphatic heterocycles. The molecule has 4 heterocycles. The van der Waals surface area contributed by atoms with Crippen LogP contribution in [0.25, 0.3) is 21.9 Å². The van der Waals surface area contributed by atoms with E-state index < -0.39 is 8.07 Å². The predicted molar refractivity (Wildman–Crippen MR) is 144 cm³/mol. The fraction of sp³-hybridized carbons (Fsp3) is 0.464. The first-order valence-corrected chi connectivity index (χ1v) is 16.5. The first-order chi connectivity index (χ1) is 16.5. The van der Waals surface area contributed by atoms with Crippen molar-refractivity contribution in [2.75, 3.05) is 19.7 Å². The van der Waals surface area contributed by atoms with Crippen LogP contribution in [0.4, 0.5) is 0 Å². The van der Waals surface area contributed by atoms with Gasteiger partial charge in [0.15, 0.2) is 0 Å². The van der Waals surface area contributed by atoms with Crippen LogP contribution in [0.1, 0.15) is 30.9 Å². The normalized spacial score (nSPS) is 18.0. The molecule has 0 bridgehead atoms. The van der Waals surface area contributed by atoms with Gasteiger partial charge in [-0.3, -0.25) is 4.90 Å². The Bertz CT molecular complexity index is 1220. The topological polar surface area (TPSA) is 35.2 Å². The van der Waals surface area contributed by atoms with Gasteiger partial charge in [0.25, 0.3) is 0 Å². The molecule has 0 radical (unpaired) electrons. The van der Waals surface area contributed by atoms with Crippen molar-refractivity contribution in [3.63, 3.8) is 0 Å². The quantitative estimate of drug-likeness (QED) is 0.215. The summed E-state index contributed by atoms with van der Waals surface area (Å²) in [6.07, 6.45) is 10.1. The molecule has 0 aliphatic carbocycles. The van der Waals surface area contributed by atoms with Gasteiger partial charge in [-0.05, 0) is 49.5 Å². The zero-order chi connectivity index (χ0) is 23.5. The highest BCUT2D eigenvalue weighted by atomic mass is 28.3. The monoisotopic (exact) mass is 474 g/mol. The van der Waals surface area contributed by atoms with E-state index in [9.17, 15) is 0 Å². The van der Waals surface area contributed by atoms with E-state index in [-0.39, 0.29) is 0 Å². The Labute approximate surface area is 204 Å². The van der Waals surface area contributed by atoms with E-state index in [0.717, 1.165) is 25.3 Å². The maximum atomic E-state index is 6.02. The van der Waals surface area contributed by atoms with Crippen LogP contribution in [-0.2, 0) is 18.0 Å². The van der Waals surface area contributed by atoms with Gasteiger partial charge in [-0.2, -0.15) is 0 Å². The lowest BCUT2D eigenvalue weighted by Gasteiger charge is -2.21. The van der Waals surface area contributed by atoms with Crippen LogP contribution in [0.15, 0.2) is 61.1 Å². The summed E-state index contributed by atoms with van der Waals surface area (Å²) in [5.74, 6) is 0. The number of nitrogens with zero attached hydrogens (tertiary/aromatic N) is 4. The van der Waals surface area contributed by atoms with E-state index >= 15 is 0 Å². The molecule has 1 saturated heterocycles. The molecule has 5 rings (SSSR count). The molecule has 1 unspecified atom stereocenters. The molecule has 1 aliphatic rings. The highest BCUT2D eigenvalue weighted by Crippen LogP contribution is 2.32. The Morgan fingerprint density at radius 1 is 1.00 bits per heavy atom. The number of benzene rings is 1. The second-order valence-corrected chi connectivity index (χ2v) is 16.6. The molecule has 1 atom stereocenters. The van der Waals surface area contributed by atoms with Gasteiger partial charge in [0.05, 0.1) is 5.52 Å². The average Bonchev–Trinajstić information content (AvgIpc) is 3.35. The SMILES string of the molecule is C[Si](C)(C)CCOCn1ccc2c1ncc1ccn(C3CCCN(Cc4ccccc4)CC3)c12. The van der Waals surface area contributed by atoms with Gasteiger partial charge in [0.2, 0.25) is 0 Å². The molecule has 3 aromatic heterocycles. The summed E-state index contributed by atoms with van der Waals surface area (Å²) in [6.45, 7) is 11.9. The summed E-state index contributed by atoms with van der Waals surface area (Å²) < 4.78 is 10.7. The molecule has 1 fully saturated rings. The fourth-order valence-electron chi connectivity index (χ4n) is 5.15. The largest absolute Gasteiger partial charge is 0.361 e. The van der Waals surface area contributed by atoms with Gasteiger partial charge >= 0.3 is 0 Å². The van der Waals surface area contributed by atoms with Gasteiger partial charge in [0, 0.05) is 63.2 Å². The summed E-state index contributed by atoms with van der Waals surface area (Å²) in [5.41, 5.74) is 3.76. The van der Waals surface area contributed by atoms with Crippen LogP contribution >= 0.6 is 0 Å². The summed E-state index contributed by atoms with van der Waals surface area (Å²) in [7, 11) is -1.07. The molecule has 0 N–H and O–H groups in total. The Morgan fingerprint density at radius 2 is 1.85 bits per heavy atom. The van der Waals surface area contributed by atoms with Gasteiger partial charge in [-0.15, -0.1) is 0 Å². The van der Waals surface area contributed by atoms with Crippen molar-refractivity contribution >= 4 is 30.0 Å². The lowest BCUT2D eigenvalue weighted by atomic mass is 10.1. The van der Waals surface area contributed by atoms with E-state index in [1.54, 1.807) is 0 Å². The number of pyridine rings is 1. The Morgan fingerprint density at radius 3 is 2.68 bits per heavy atom. The number of fused-ring (bicyclic) bond motifs is 3. The van der Waals surface area contributed by atoms with Crippen LogP contribution in [-0.4, -0.2) is 46.8 Å². The van der Waals surface area contributed by atoms with Gasteiger partial charge in [-0.1, -0.05) is 50.0 Å². The van der Waals surface area contributed by atoms with Crippen molar-refractivity contribution in [2.45, 2.75) is 64.3 Å². The molecule has 6 heteroatoms. The van der Waals surface area contributed by atoms with Crippen molar-refractivity contribution in [3.05, 3.63) is 66.6 Å². The van der Waals surface area contributed by atoms with E-state index in [1.807, 2.05) is 6.20 Å². The molecule has 1 aromatic carbocycles. The summed E-state index contributed by atoms with van der Waals surface area (Å²) in [5, 5.41) is 2.47. The summed E-state index contributed by atoms with van der Waals surface area (Å²) in [6, 6.07) is 17.0. The third-order valence-electron chi connectivity index (χ3n) is 7.12. The van der Waals surface area contributed by atoms with Crippen molar-refractivity contribution in [3.8, 4) is 0 Å². The smallest absolute Gasteiger partial charge is 0.143 e. The summed E-state index contributed by atoms with van der Waals surface area (Å²) in [4.78, 5) is 7.42. The highest BCUT2D eigenvalue weighted by molar-refractivity contribution is 6.76. The van der Waals surface area contributed by atoms with Crippen LogP contribution in [0.2, 0.25) is 25.7 Å². The van der Waals surface area contributed by atoms with Crippen LogP contribution < -0.4 is 0 Å². The van der Waals surface area contributed by atoms with E-state index in [1.165, 1.54) is 53.7 Å². The van der Waals surface area contributed by atoms with Crippen LogP contribution in [0.3, 0.4) is 0 Å². The molecule has 34 heavy (non-hydrogen) atoms. The van der Waals surface area contributed by atoms with Crippen molar-refractivity contribution < 1.29 is 4.74 Å². The third kappa shape index (κ3) is 5.29. The zero-order valence-electron chi connectivity index (χ0n) is 20.9. The minimum Gasteiger partial charge on any atom is -0.361 e. The number of likely N-dealkylation sites (tertiary alicyclic amines) is 1. The van der Waals surface area contributed by atoms with Gasteiger partial charge in [0.1, 0.15) is 12.4 Å². The van der Waals surface area contributed by atoms with Crippen molar-refractivity contribution in [2.24, 2.45) is 0 Å².